The van der Waals surface area contributed by atoms with Crippen LogP contribution in [0.1, 0.15) is 41.0 Å². The summed E-state index contributed by atoms with van der Waals surface area (Å²) >= 11 is 0. The second-order valence-corrected chi connectivity index (χ2v) is 5.36. The molecule has 0 radical (unpaired) electrons. The second kappa shape index (κ2) is 4.44. The molecule has 1 rings (SSSR count). The molecule has 1 aliphatic heterocycles. The molecule has 4 nitrogen and oxygen atoms in total. The summed E-state index contributed by atoms with van der Waals surface area (Å²) in [5, 5.41) is 2.81. The van der Waals surface area contributed by atoms with Crippen LogP contribution in [0.4, 0.5) is 0 Å². The molecular formula is C12H22N2O2. The fraction of sp³-hybridized carbons (Fsp3) is 0.833. The first-order chi connectivity index (χ1) is 7.32. The van der Waals surface area contributed by atoms with Gasteiger partial charge < -0.3 is 10.2 Å². The van der Waals surface area contributed by atoms with Crippen molar-refractivity contribution >= 4 is 11.8 Å². The highest BCUT2D eigenvalue weighted by Crippen LogP contribution is 2.27. The molecule has 0 aromatic carbocycles. The molecule has 1 fully saturated rings. The van der Waals surface area contributed by atoms with Gasteiger partial charge in [-0.2, -0.15) is 0 Å². The third kappa shape index (κ3) is 2.20. The summed E-state index contributed by atoms with van der Waals surface area (Å²) in [6.45, 7) is 10.4. The van der Waals surface area contributed by atoms with Crippen molar-refractivity contribution in [3.8, 4) is 0 Å². The van der Waals surface area contributed by atoms with Crippen LogP contribution in [0, 0.1) is 5.41 Å². The van der Waals surface area contributed by atoms with E-state index in [1.54, 1.807) is 4.90 Å². The fourth-order valence-corrected chi connectivity index (χ4v) is 2.26. The highest BCUT2D eigenvalue weighted by atomic mass is 16.2. The maximum Gasteiger partial charge on any atom is 0.245 e. The van der Waals surface area contributed by atoms with Gasteiger partial charge in [-0.3, -0.25) is 9.59 Å². The zero-order valence-corrected chi connectivity index (χ0v) is 10.8. The third-order valence-corrected chi connectivity index (χ3v) is 3.03. The van der Waals surface area contributed by atoms with Gasteiger partial charge in [0.1, 0.15) is 12.1 Å². The van der Waals surface area contributed by atoms with E-state index in [-0.39, 0.29) is 29.3 Å². The van der Waals surface area contributed by atoms with Crippen molar-refractivity contribution in [1.82, 2.24) is 10.2 Å². The Morgan fingerprint density at radius 1 is 1.25 bits per heavy atom. The number of carbonyl (C=O) groups excluding carboxylic acids is 2. The number of rotatable bonds is 2. The SMILES string of the molecule is CCC1NC(=O)C(C(C)(C)C)N(CC)C1=O. The Hall–Kier alpha value is -1.06. The Labute approximate surface area is 97.4 Å². The van der Waals surface area contributed by atoms with Crippen molar-refractivity contribution in [2.75, 3.05) is 6.54 Å². The van der Waals surface area contributed by atoms with Crippen molar-refractivity contribution in [3.63, 3.8) is 0 Å². The van der Waals surface area contributed by atoms with Gasteiger partial charge in [-0.25, -0.2) is 0 Å². The monoisotopic (exact) mass is 226 g/mol. The van der Waals surface area contributed by atoms with Gasteiger partial charge in [-0.05, 0) is 18.8 Å². The van der Waals surface area contributed by atoms with Crippen LogP contribution in [0.5, 0.6) is 0 Å². The third-order valence-electron chi connectivity index (χ3n) is 3.03. The van der Waals surface area contributed by atoms with Crippen LogP contribution in [0.25, 0.3) is 0 Å². The van der Waals surface area contributed by atoms with Crippen LogP contribution < -0.4 is 5.32 Å². The summed E-state index contributed by atoms with van der Waals surface area (Å²) in [5.41, 5.74) is -0.228. The molecule has 2 amide bonds. The quantitative estimate of drug-likeness (QED) is 0.768. The van der Waals surface area contributed by atoms with Crippen LogP contribution >= 0.6 is 0 Å². The first-order valence-corrected chi connectivity index (χ1v) is 5.93. The normalized spacial score (nSPS) is 26.9. The lowest BCUT2D eigenvalue weighted by Gasteiger charge is -2.44. The van der Waals surface area contributed by atoms with Gasteiger partial charge in [-0.15, -0.1) is 0 Å². The van der Waals surface area contributed by atoms with E-state index in [9.17, 15) is 9.59 Å². The predicted octanol–water partition coefficient (Wildman–Crippen LogP) is 1.16. The van der Waals surface area contributed by atoms with Gasteiger partial charge in [0.25, 0.3) is 0 Å². The Bertz CT molecular complexity index is 294. The minimum Gasteiger partial charge on any atom is -0.342 e. The first-order valence-electron chi connectivity index (χ1n) is 5.93. The molecule has 1 saturated heterocycles. The van der Waals surface area contributed by atoms with Gasteiger partial charge in [0.15, 0.2) is 0 Å². The van der Waals surface area contributed by atoms with E-state index in [0.717, 1.165) is 0 Å². The summed E-state index contributed by atoms with van der Waals surface area (Å²) in [6, 6.07) is -0.696. The van der Waals surface area contributed by atoms with E-state index < -0.39 is 0 Å². The number of nitrogens with zero attached hydrogens (tertiary/aromatic N) is 1. The minimum atomic E-state index is -0.354. The number of hydrogen-bond acceptors (Lipinski definition) is 2. The molecule has 0 bridgehead atoms. The lowest BCUT2D eigenvalue weighted by Crippen LogP contribution is -2.66. The fourth-order valence-electron chi connectivity index (χ4n) is 2.26. The molecule has 1 aliphatic rings. The number of likely N-dealkylation sites (N-methyl/N-ethyl adjacent to an activating group) is 1. The average Bonchev–Trinajstić information content (AvgIpc) is 2.18. The standard InChI is InChI=1S/C12H22N2O2/c1-6-8-11(16)14(7-2)9(10(15)13-8)12(3,4)5/h8-9H,6-7H2,1-5H3,(H,13,15). The molecule has 0 spiro atoms. The molecule has 0 aromatic heterocycles. The molecular weight excluding hydrogens is 204 g/mol. The van der Waals surface area contributed by atoms with Crippen molar-refractivity contribution in [3.05, 3.63) is 0 Å². The van der Waals surface area contributed by atoms with Crippen LogP contribution in [0.3, 0.4) is 0 Å². The lowest BCUT2D eigenvalue weighted by molar-refractivity contribution is -0.153. The van der Waals surface area contributed by atoms with Crippen LogP contribution in [-0.2, 0) is 9.59 Å². The Morgan fingerprint density at radius 2 is 1.81 bits per heavy atom. The first kappa shape index (κ1) is 13.0. The van der Waals surface area contributed by atoms with Crippen molar-refractivity contribution in [2.24, 2.45) is 5.41 Å². The van der Waals surface area contributed by atoms with E-state index in [4.69, 9.17) is 0 Å². The van der Waals surface area contributed by atoms with E-state index in [2.05, 4.69) is 5.32 Å². The maximum atomic E-state index is 12.1. The topological polar surface area (TPSA) is 49.4 Å². The molecule has 1 heterocycles. The van der Waals surface area contributed by atoms with Crippen LogP contribution in [-0.4, -0.2) is 35.3 Å². The predicted molar refractivity (Wildman–Crippen MR) is 62.9 cm³/mol. The van der Waals surface area contributed by atoms with Crippen molar-refractivity contribution in [1.29, 1.82) is 0 Å². The summed E-state index contributed by atoms with van der Waals surface area (Å²) in [7, 11) is 0. The highest BCUT2D eigenvalue weighted by Gasteiger charge is 2.44. The zero-order valence-electron chi connectivity index (χ0n) is 10.8. The smallest absolute Gasteiger partial charge is 0.245 e. The summed E-state index contributed by atoms with van der Waals surface area (Å²) in [6.07, 6.45) is 0.651. The number of nitrogens with one attached hydrogen (secondary N) is 1. The van der Waals surface area contributed by atoms with Gasteiger partial charge in [-0.1, -0.05) is 27.7 Å². The second-order valence-electron chi connectivity index (χ2n) is 5.36. The number of hydrogen-bond donors (Lipinski definition) is 1. The molecule has 2 atom stereocenters. The van der Waals surface area contributed by atoms with Gasteiger partial charge >= 0.3 is 0 Å². The molecule has 0 aromatic rings. The lowest BCUT2D eigenvalue weighted by atomic mass is 9.83. The van der Waals surface area contributed by atoms with Crippen molar-refractivity contribution < 1.29 is 9.59 Å². The van der Waals surface area contributed by atoms with Crippen LogP contribution in [0.2, 0.25) is 0 Å². The van der Waals surface area contributed by atoms with E-state index in [1.165, 1.54) is 0 Å². The molecule has 2 unspecified atom stereocenters. The Morgan fingerprint density at radius 3 is 2.19 bits per heavy atom. The molecule has 0 saturated carbocycles. The van der Waals surface area contributed by atoms with Crippen LogP contribution in [0.15, 0.2) is 0 Å². The minimum absolute atomic E-state index is 0.0270. The average molecular weight is 226 g/mol. The number of amides is 2. The van der Waals surface area contributed by atoms with E-state index in [1.807, 2.05) is 34.6 Å². The molecule has 4 heteroatoms. The molecule has 92 valence electrons. The summed E-state index contributed by atoms with van der Waals surface area (Å²) in [5.74, 6) is 0.0188. The molecule has 0 aliphatic carbocycles. The number of piperazine rings is 1. The van der Waals surface area contributed by atoms with E-state index in [0.29, 0.717) is 13.0 Å². The molecule has 1 N–H and O–H groups in total. The van der Waals surface area contributed by atoms with E-state index >= 15 is 0 Å². The highest BCUT2D eigenvalue weighted by molar-refractivity contribution is 5.97. The van der Waals surface area contributed by atoms with Gasteiger partial charge in [0.05, 0.1) is 0 Å². The number of carbonyl (C=O) groups is 2. The summed E-state index contributed by atoms with van der Waals surface area (Å²) < 4.78 is 0. The zero-order chi connectivity index (χ0) is 12.5. The van der Waals surface area contributed by atoms with Gasteiger partial charge in [0.2, 0.25) is 11.8 Å². The van der Waals surface area contributed by atoms with Gasteiger partial charge in [0, 0.05) is 6.54 Å². The van der Waals surface area contributed by atoms with Crippen molar-refractivity contribution in [2.45, 2.75) is 53.1 Å². The molecule has 16 heavy (non-hydrogen) atoms. The summed E-state index contributed by atoms with van der Waals surface area (Å²) in [4.78, 5) is 25.8. The Balaban J connectivity index is 3.02. The largest absolute Gasteiger partial charge is 0.342 e. The maximum absolute atomic E-state index is 12.1. The Kier molecular flexibility index (Phi) is 3.61.